The van der Waals surface area contributed by atoms with E-state index in [0.717, 1.165) is 0 Å². The van der Waals surface area contributed by atoms with Gasteiger partial charge >= 0.3 is 0 Å². The molecule has 0 aliphatic rings. The van der Waals surface area contributed by atoms with Gasteiger partial charge in [-0.05, 0) is 0 Å². The van der Waals surface area contributed by atoms with Gasteiger partial charge in [-0.3, -0.25) is 4.79 Å². The Balaban J connectivity index is 3.24. The van der Waals surface area contributed by atoms with E-state index >= 15 is 0 Å². The first-order valence-corrected chi connectivity index (χ1v) is 1.94. The van der Waals surface area contributed by atoms with Crippen molar-refractivity contribution in [3.8, 4) is 0 Å². The van der Waals surface area contributed by atoms with Crippen LogP contribution in [-0.4, -0.2) is 24.0 Å². The van der Waals surface area contributed by atoms with E-state index in [1.54, 1.807) is 0 Å². The van der Waals surface area contributed by atoms with E-state index in [-0.39, 0.29) is 12.4 Å². The first-order chi connectivity index (χ1) is 3.81. The molecular weight excluding hydrogens is 110 g/mol. The zero-order valence-electron chi connectivity index (χ0n) is 4.16. The second-order valence-electron chi connectivity index (χ2n) is 1.09. The fraction of sp³-hybridized carbons (Fsp3) is 0.333. The van der Waals surface area contributed by atoms with E-state index in [4.69, 9.17) is 10.9 Å². The van der Waals surface area contributed by atoms with Crippen molar-refractivity contribution in [2.45, 2.75) is 0 Å². The molecule has 0 spiro atoms. The van der Waals surface area contributed by atoms with Crippen LogP contribution in [0.1, 0.15) is 0 Å². The summed E-state index contributed by atoms with van der Waals surface area (Å²) in [7, 11) is 0. The number of nitrogens with zero attached hydrogens (tertiary/aromatic N) is 1. The molecule has 0 aliphatic carbocycles. The van der Waals surface area contributed by atoms with E-state index in [1.807, 2.05) is 0 Å². The molecule has 0 saturated carbocycles. The SMILES string of the molecule is N/C(CNC=O)=N\O. The average molecular weight is 117 g/mol. The molecule has 0 saturated heterocycles. The number of hydrogen-bond acceptors (Lipinski definition) is 3. The third-order valence-electron chi connectivity index (χ3n) is 0.495. The van der Waals surface area contributed by atoms with Crippen molar-refractivity contribution in [2.75, 3.05) is 6.54 Å². The first-order valence-electron chi connectivity index (χ1n) is 1.94. The van der Waals surface area contributed by atoms with Gasteiger partial charge in [0.1, 0.15) is 0 Å². The van der Waals surface area contributed by atoms with Crippen molar-refractivity contribution in [2.24, 2.45) is 10.9 Å². The maximum Gasteiger partial charge on any atom is 0.207 e. The Morgan fingerprint density at radius 1 is 2.00 bits per heavy atom. The van der Waals surface area contributed by atoms with Gasteiger partial charge in [-0.1, -0.05) is 5.16 Å². The molecule has 1 amide bonds. The molecule has 0 atom stereocenters. The van der Waals surface area contributed by atoms with Crippen LogP contribution in [0.2, 0.25) is 0 Å². The molecule has 4 N–H and O–H groups in total. The van der Waals surface area contributed by atoms with Gasteiger partial charge in [0.15, 0.2) is 5.84 Å². The number of carbonyl (C=O) groups excluding carboxylic acids is 1. The molecule has 0 fully saturated rings. The maximum absolute atomic E-state index is 9.52. The lowest BCUT2D eigenvalue weighted by molar-refractivity contribution is -0.109. The number of oxime groups is 1. The lowest BCUT2D eigenvalue weighted by Gasteiger charge is -1.91. The predicted octanol–water partition coefficient (Wildman–Crippen LogP) is -1.52. The quantitative estimate of drug-likeness (QED) is 0.138. The Hall–Kier alpha value is -1.26. The van der Waals surface area contributed by atoms with Crippen LogP contribution < -0.4 is 11.1 Å². The van der Waals surface area contributed by atoms with Crippen LogP contribution in [0.3, 0.4) is 0 Å². The first kappa shape index (κ1) is 6.74. The number of rotatable bonds is 3. The molecule has 5 nitrogen and oxygen atoms in total. The van der Waals surface area contributed by atoms with Gasteiger partial charge in [0, 0.05) is 0 Å². The molecule has 0 aromatic carbocycles. The van der Waals surface area contributed by atoms with Gasteiger partial charge in [-0.25, -0.2) is 0 Å². The number of carbonyl (C=O) groups is 1. The molecule has 0 aromatic rings. The largest absolute Gasteiger partial charge is 0.409 e. The van der Waals surface area contributed by atoms with Crippen molar-refractivity contribution >= 4 is 12.2 Å². The summed E-state index contributed by atoms with van der Waals surface area (Å²) in [6.07, 6.45) is 0.470. The highest BCUT2D eigenvalue weighted by atomic mass is 16.4. The van der Waals surface area contributed by atoms with E-state index in [9.17, 15) is 4.79 Å². The molecule has 0 aliphatic heterocycles. The number of nitrogens with two attached hydrogens (primary N) is 1. The Bertz CT molecular complexity index is 101. The second kappa shape index (κ2) is 3.91. The lowest BCUT2D eigenvalue weighted by Crippen LogP contribution is -2.27. The zero-order chi connectivity index (χ0) is 6.41. The Morgan fingerprint density at radius 3 is 3.00 bits per heavy atom. The molecule has 5 heteroatoms. The predicted molar refractivity (Wildman–Crippen MR) is 27.5 cm³/mol. The van der Waals surface area contributed by atoms with Crippen molar-refractivity contribution < 1.29 is 10.0 Å². The fourth-order valence-corrected chi connectivity index (χ4v) is 0.182. The average Bonchev–Trinajstić information content (AvgIpc) is 1.83. The molecule has 0 radical (unpaired) electrons. The molecule has 0 rings (SSSR count). The fourth-order valence-electron chi connectivity index (χ4n) is 0.182. The number of hydrogen-bond donors (Lipinski definition) is 3. The van der Waals surface area contributed by atoms with Gasteiger partial charge in [0.2, 0.25) is 6.41 Å². The minimum absolute atomic E-state index is 0.0166. The number of amidine groups is 1. The van der Waals surface area contributed by atoms with Gasteiger partial charge < -0.3 is 16.3 Å². The third-order valence-corrected chi connectivity index (χ3v) is 0.495. The van der Waals surface area contributed by atoms with Crippen LogP contribution >= 0.6 is 0 Å². The summed E-state index contributed by atoms with van der Waals surface area (Å²) in [6.45, 7) is 0.0833. The van der Waals surface area contributed by atoms with Crippen LogP contribution in [0.15, 0.2) is 5.16 Å². The monoisotopic (exact) mass is 117 g/mol. The topological polar surface area (TPSA) is 87.7 Å². The van der Waals surface area contributed by atoms with Gasteiger partial charge in [0.25, 0.3) is 0 Å². The Labute approximate surface area is 46.2 Å². The highest BCUT2D eigenvalue weighted by Crippen LogP contribution is 1.57. The second-order valence-corrected chi connectivity index (χ2v) is 1.09. The molecule has 0 bridgehead atoms. The van der Waals surface area contributed by atoms with Gasteiger partial charge in [-0.15, -0.1) is 0 Å². The molecule has 0 aromatic heterocycles. The number of amides is 1. The van der Waals surface area contributed by atoms with Crippen LogP contribution in [0.5, 0.6) is 0 Å². The van der Waals surface area contributed by atoms with E-state index in [0.29, 0.717) is 6.41 Å². The highest BCUT2D eigenvalue weighted by Gasteiger charge is 1.85. The van der Waals surface area contributed by atoms with Gasteiger partial charge in [-0.2, -0.15) is 0 Å². The highest BCUT2D eigenvalue weighted by molar-refractivity contribution is 5.83. The van der Waals surface area contributed by atoms with Crippen LogP contribution in [0.4, 0.5) is 0 Å². The normalized spacial score (nSPS) is 10.8. The molecular formula is C3H7N3O2. The van der Waals surface area contributed by atoms with Crippen LogP contribution in [0.25, 0.3) is 0 Å². The van der Waals surface area contributed by atoms with Crippen LogP contribution in [-0.2, 0) is 4.79 Å². The summed E-state index contributed by atoms with van der Waals surface area (Å²) in [5.41, 5.74) is 4.94. The standard InChI is InChI=1S/C3H7N3O2/c4-3(6-8)1-5-2-7/h2,8H,1H2,(H2,4,6)(H,5,7). The zero-order valence-corrected chi connectivity index (χ0v) is 4.16. The third kappa shape index (κ3) is 2.95. The van der Waals surface area contributed by atoms with Gasteiger partial charge in [0.05, 0.1) is 6.54 Å². The summed E-state index contributed by atoms with van der Waals surface area (Å²) in [6, 6.07) is 0. The number of nitrogens with one attached hydrogen (secondary N) is 1. The molecule has 8 heavy (non-hydrogen) atoms. The van der Waals surface area contributed by atoms with Crippen molar-refractivity contribution in [3.05, 3.63) is 0 Å². The molecule has 0 unspecified atom stereocenters. The Kier molecular flexibility index (Phi) is 3.30. The van der Waals surface area contributed by atoms with Crippen molar-refractivity contribution in [1.29, 1.82) is 0 Å². The summed E-state index contributed by atoms with van der Waals surface area (Å²) < 4.78 is 0. The lowest BCUT2D eigenvalue weighted by atomic mass is 10.6. The minimum atomic E-state index is -0.0166. The summed E-state index contributed by atoms with van der Waals surface area (Å²) >= 11 is 0. The molecule has 46 valence electrons. The molecule has 0 heterocycles. The summed E-state index contributed by atoms with van der Waals surface area (Å²) in [5.74, 6) is -0.0166. The van der Waals surface area contributed by atoms with Crippen LogP contribution in [0, 0.1) is 0 Å². The van der Waals surface area contributed by atoms with E-state index in [2.05, 4.69) is 10.5 Å². The maximum atomic E-state index is 9.52. The van der Waals surface area contributed by atoms with Crippen molar-refractivity contribution in [1.82, 2.24) is 5.32 Å². The summed E-state index contributed by atoms with van der Waals surface area (Å²) in [5, 5.41) is 12.7. The Morgan fingerprint density at radius 2 is 2.62 bits per heavy atom. The summed E-state index contributed by atoms with van der Waals surface area (Å²) in [4.78, 5) is 9.52. The smallest absolute Gasteiger partial charge is 0.207 e. The minimum Gasteiger partial charge on any atom is -0.409 e. The van der Waals surface area contributed by atoms with E-state index in [1.165, 1.54) is 0 Å². The van der Waals surface area contributed by atoms with Crippen molar-refractivity contribution in [3.63, 3.8) is 0 Å². The van der Waals surface area contributed by atoms with E-state index < -0.39 is 0 Å².